The number of aryl methyl sites for hydroxylation is 1. The molecule has 27 heavy (non-hydrogen) atoms. The van der Waals surface area contributed by atoms with Crippen molar-refractivity contribution in [1.29, 1.82) is 0 Å². The van der Waals surface area contributed by atoms with Gasteiger partial charge in [-0.05, 0) is 38.2 Å². The summed E-state index contributed by atoms with van der Waals surface area (Å²) >= 11 is 6.77. The number of carbonyl (C=O) groups excluding carboxylic acids is 1. The Morgan fingerprint density at radius 1 is 1.26 bits per heavy atom. The van der Waals surface area contributed by atoms with E-state index in [1.165, 1.54) is 0 Å². The summed E-state index contributed by atoms with van der Waals surface area (Å²) in [5.41, 5.74) is 3.21. The number of nitrogens with zero attached hydrogens (tertiary/aromatic N) is 3. The third kappa shape index (κ3) is 3.41. The summed E-state index contributed by atoms with van der Waals surface area (Å²) in [5, 5.41) is 10.8. The van der Waals surface area contributed by atoms with E-state index in [1.807, 2.05) is 44.2 Å². The molecule has 1 atom stereocenters. The van der Waals surface area contributed by atoms with Gasteiger partial charge in [0, 0.05) is 11.8 Å². The van der Waals surface area contributed by atoms with Gasteiger partial charge in [0.1, 0.15) is 5.01 Å². The number of fused-ring (bicyclic) bond motifs is 1. The standard InChI is InChI=1S/C19H17N5OS2/c1-11(16-12(2)21-18(27-16)13-6-4-3-5-7-13)20-17(25)14-8-9-15-22-23-19(26)24(15)10-14/h3-11H,1-2H3,(H,20,25)(H,23,26). The first kappa shape index (κ1) is 17.6. The predicted octanol–water partition coefficient (Wildman–Crippen LogP) is 4.31. The van der Waals surface area contributed by atoms with Crippen molar-refractivity contribution in [2.24, 2.45) is 0 Å². The van der Waals surface area contributed by atoms with Crippen molar-refractivity contribution in [3.63, 3.8) is 0 Å². The molecule has 136 valence electrons. The molecule has 1 aromatic carbocycles. The molecule has 3 aromatic heterocycles. The average molecular weight is 396 g/mol. The van der Waals surface area contributed by atoms with Crippen LogP contribution in [0.3, 0.4) is 0 Å². The first-order chi connectivity index (χ1) is 13.0. The van der Waals surface area contributed by atoms with E-state index in [4.69, 9.17) is 12.2 Å². The van der Waals surface area contributed by atoms with Gasteiger partial charge in [0.2, 0.25) is 0 Å². The summed E-state index contributed by atoms with van der Waals surface area (Å²) < 4.78 is 2.14. The Morgan fingerprint density at radius 2 is 2.04 bits per heavy atom. The number of nitrogens with one attached hydrogen (secondary N) is 2. The zero-order valence-corrected chi connectivity index (χ0v) is 16.4. The van der Waals surface area contributed by atoms with E-state index in [9.17, 15) is 4.79 Å². The van der Waals surface area contributed by atoms with Crippen molar-refractivity contribution in [2.75, 3.05) is 0 Å². The van der Waals surface area contributed by atoms with Gasteiger partial charge in [-0.25, -0.2) is 4.98 Å². The summed E-state index contributed by atoms with van der Waals surface area (Å²) in [6.07, 6.45) is 1.69. The van der Waals surface area contributed by atoms with Gasteiger partial charge in [-0.15, -0.1) is 11.3 Å². The summed E-state index contributed by atoms with van der Waals surface area (Å²) in [6.45, 7) is 3.94. The van der Waals surface area contributed by atoms with Crippen molar-refractivity contribution in [3.05, 3.63) is 69.6 Å². The van der Waals surface area contributed by atoms with Crippen LogP contribution in [0.2, 0.25) is 0 Å². The number of pyridine rings is 1. The van der Waals surface area contributed by atoms with E-state index in [-0.39, 0.29) is 11.9 Å². The molecule has 0 saturated heterocycles. The van der Waals surface area contributed by atoms with E-state index < -0.39 is 0 Å². The average Bonchev–Trinajstić information content (AvgIpc) is 3.25. The van der Waals surface area contributed by atoms with E-state index in [2.05, 4.69) is 20.5 Å². The Hall–Kier alpha value is -2.84. The van der Waals surface area contributed by atoms with Gasteiger partial charge < -0.3 is 5.32 Å². The second-order valence-corrected chi connectivity index (χ2v) is 7.62. The number of carbonyl (C=O) groups is 1. The normalized spacial score (nSPS) is 12.2. The Kier molecular flexibility index (Phi) is 4.59. The third-order valence-electron chi connectivity index (χ3n) is 4.27. The number of H-pyrrole nitrogens is 1. The van der Waals surface area contributed by atoms with Crippen LogP contribution in [0.5, 0.6) is 0 Å². The van der Waals surface area contributed by atoms with E-state index in [0.29, 0.717) is 16.0 Å². The molecular formula is C19H17N5OS2. The molecule has 0 fully saturated rings. The molecule has 0 spiro atoms. The first-order valence-corrected chi connectivity index (χ1v) is 9.66. The second kappa shape index (κ2) is 7.05. The minimum absolute atomic E-state index is 0.152. The highest BCUT2D eigenvalue weighted by atomic mass is 32.1. The number of hydrogen-bond donors (Lipinski definition) is 2. The molecule has 3 heterocycles. The number of thiazole rings is 1. The molecular weight excluding hydrogens is 378 g/mol. The largest absolute Gasteiger partial charge is 0.345 e. The molecule has 0 aliphatic carbocycles. The van der Waals surface area contributed by atoms with Crippen LogP contribution in [-0.2, 0) is 0 Å². The fourth-order valence-corrected chi connectivity index (χ4v) is 4.17. The topological polar surface area (TPSA) is 75.1 Å². The van der Waals surface area contributed by atoms with Crippen molar-refractivity contribution < 1.29 is 4.79 Å². The zero-order chi connectivity index (χ0) is 19.0. The minimum Gasteiger partial charge on any atom is -0.345 e. The molecule has 6 nitrogen and oxygen atoms in total. The van der Waals surface area contributed by atoms with Crippen molar-refractivity contribution in [1.82, 2.24) is 24.9 Å². The lowest BCUT2D eigenvalue weighted by molar-refractivity contribution is 0.0940. The van der Waals surface area contributed by atoms with Crippen molar-refractivity contribution in [2.45, 2.75) is 19.9 Å². The smallest absolute Gasteiger partial charge is 0.253 e. The lowest BCUT2D eigenvalue weighted by Gasteiger charge is -2.13. The first-order valence-electron chi connectivity index (χ1n) is 8.43. The minimum atomic E-state index is -0.165. The van der Waals surface area contributed by atoms with E-state index in [1.54, 1.807) is 34.1 Å². The van der Waals surface area contributed by atoms with Crippen LogP contribution in [0.4, 0.5) is 0 Å². The van der Waals surface area contributed by atoms with Gasteiger partial charge in [0.15, 0.2) is 10.4 Å². The zero-order valence-electron chi connectivity index (χ0n) is 14.8. The number of benzene rings is 1. The van der Waals surface area contributed by atoms with Crippen molar-refractivity contribution in [3.8, 4) is 10.6 Å². The lowest BCUT2D eigenvalue weighted by atomic mass is 10.2. The van der Waals surface area contributed by atoms with E-state index in [0.717, 1.165) is 21.1 Å². The second-order valence-electron chi connectivity index (χ2n) is 6.20. The van der Waals surface area contributed by atoms with Gasteiger partial charge in [-0.3, -0.25) is 14.3 Å². The number of amides is 1. The Bertz CT molecular complexity index is 1180. The number of aromatic amines is 1. The molecule has 1 unspecified atom stereocenters. The van der Waals surface area contributed by atoms with Gasteiger partial charge >= 0.3 is 0 Å². The molecule has 0 bridgehead atoms. The van der Waals surface area contributed by atoms with Crippen LogP contribution in [0.1, 0.15) is 33.9 Å². The van der Waals surface area contributed by atoms with Crippen LogP contribution >= 0.6 is 23.6 Å². The summed E-state index contributed by atoms with van der Waals surface area (Å²) in [5.74, 6) is -0.165. The summed E-state index contributed by atoms with van der Waals surface area (Å²) in [4.78, 5) is 18.4. The third-order valence-corrected chi connectivity index (χ3v) is 5.95. The number of hydrogen-bond acceptors (Lipinski definition) is 5. The molecule has 2 N–H and O–H groups in total. The SMILES string of the molecule is Cc1nc(-c2ccccc2)sc1C(C)NC(=O)c1ccc2n[nH]c(=S)n2c1. The van der Waals surface area contributed by atoms with Crippen LogP contribution in [-0.4, -0.2) is 25.5 Å². The van der Waals surface area contributed by atoms with Crippen LogP contribution in [0.15, 0.2) is 48.7 Å². The fourth-order valence-electron chi connectivity index (χ4n) is 2.90. The van der Waals surface area contributed by atoms with E-state index >= 15 is 0 Å². The Labute approximate surface area is 164 Å². The van der Waals surface area contributed by atoms with Crippen LogP contribution in [0, 0.1) is 11.7 Å². The van der Waals surface area contributed by atoms with Crippen molar-refractivity contribution >= 4 is 35.1 Å². The van der Waals surface area contributed by atoms with Crippen LogP contribution in [0.25, 0.3) is 16.2 Å². The molecule has 0 aliphatic rings. The monoisotopic (exact) mass is 395 g/mol. The van der Waals surface area contributed by atoms with Gasteiger partial charge in [-0.2, -0.15) is 5.10 Å². The molecule has 0 radical (unpaired) electrons. The predicted molar refractivity (Wildman–Crippen MR) is 109 cm³/mol. The molecule has 4 rings (SSSR count). The maximum absolute atomic E-state index is 12.7. The molecule has 8 heteroatoms. The number of rotatable bonds is 4. The lowest BCUT2D eigenvalue weighted by Crippen LogP contribution is -2.26. The van der Waals surface area contributed by atoms with Gasteiger partial charge in [0.05, 0.1) is 22.2 Å². The molecule has 4 aromatic rings. The maximum Gasteiger partial charge on any atom is 0.253 e. The highest BCUT2D eigenvalue weighted by Crippen LogP contribution is 2.31. The Balaban J connectivity index is 1.57. The fraction of sp³-hybridized carbons (Fsp3) is 0.158. The number of aromatic nitrogens is 4. The maximum atomic E-state index is 12.7. The molecule has 0 saturated carbocycles. The Morgan fingerprint density at radius 3 is 2.81 bits per heavy atom. The highest BCUT2D eigenvalue weighted by molar-refractivity contribution is 7.71. The summed E-state index contributed by atoms with van der Waals surface area (Å²) in [7, 11) is 0. The molecule has 0 aliphatic heterocycles. The van der Waals surface area contributed by atoms with Gasteiger partial charge in [0.25, 0.3) is 5.91 Å². The summed E-state index contributed by atoms with van der Waals surface area (Å²) in [6, 6.07) is 13.4. The van der Waals surface area contributed by atoms with Gasteiger partial charge in [-0.1, -0.05) is 30.3 Å². The highest BCUT2D eigenvalue weighted by Gasteiger charge is 2.18. The molecule has 1 amide bonds. The van der Waals surface area contributed by atoms with Crippen LogP contribution < -0.4 is 5.32 Å². The quantitative estimate of drug-likeness (QED) is 0.505.